The second-order valence-electron chi connectivity index (χ2n) is 16.4. The Morgan fingerprint density at radius 2 is 0.871 bits per heavy atom. The summed E-state index contributed by atoms with van der Waals surface area (Å²) in [5, 5.41) is 43.8. The standard InChI is InChI=1S/C10H12N2.C9H11N3.C9H15N3.C9H11N3.C8H10N4.5C2H6/c1-7(2)10-8-5-3-4-6-9(8)11-12-10;1-6(2)9-7-5-10-4-3-8(7)11-12-9;2*1-6(2)8-7-4-3-5-10-9(7)12-11-8;1-5(2)7-6-3-9-4-10-8(6)12-11-7;5*1-2/h3-7H,1-2H3,(H,11,12);3-6H,1-2H3,(H,11,12);6H,3-5H2,1-2H3,(H2,10,11,12);3-6H,1-2H3,(H,10,11,12);3-5H,1-2H3,(H,9,10,11,12);5*1-2H3. The number of hydrogen-bond donors (Lipinski definition) is 6. The number of pyridine rings is 2. The van der Waals surface area contributed by atoms with Crippen LogP contribution < -0.4 is 5.32 Å². The molecule has 1 aromatic carbocycles. The number of fused-ring (bicyclic) bond motifs is 5. The number of nitrogens with one attached hydrogen (secondary N) is 6. The third kappa shape index (κ3) is 17.5. The van der Waals surface area contributed by atoms with E-state index >= 15 is 0 Å². The molecule has 1 aliphatic heterocycles. The van der Waals surface area contributed by atoms with E-state index < -0.39 is 0 Å². The fourth-order valence-electron chi connectivity index (χ4n) is 6.99. The van der Waals surface area contributed by atoms with Crippen molar-refractivity contribution < 1.29 is 0 Å². The predicted octanol–water partition coefficient (Wildman–Crippen LogP) is 15.3. The molecule has 0 fully saturated rings. The van der Waals surface area contributed by atoms with Crippen LogP contribution in [0.2, 0.25) is 0 Å². The van der Waals surface area contributed by atoms with Gasteiger partial charge in [-0.05, 0) is 66.7 Å². The van der Waals surface area contributed by atoms with Crippen LogP contribution in [0.5, 0.6) is 0 Å². The van der Waals surface area contributed by atoms with Crippen LogP contribution in [0.4, 0.5) is 5.82 Å². The summed E-state index contributed by atoms with van der Waals surface area (Å²) >= 11 is 0. The summed E-state index contributed by atoms with van der Waals surface area (Å²) in [6.07, 6.45) is 11.1. The second kappa shape index (κ2) is 33.9. The molecule has 10 rings (SSSR count). The van der Waals surface area contributed by atoms with E-state index in [1.165, 1.54) is 41.5 Å². The maximum atomic E-state index is 4.24. The van der Waals surface area contributed by atoms with Gasteiger partial charge in [0.2, 0.25) is 0 Å². The predicted molar refractivity (Wildman–Crippen MR) is 298 cm³/mol. The SMILES string of the molecule is CC.CC.CC.CC.CC.CC(C)c1[nH]nc2c1CCCN2.CC(C)c1[nH]nc2ccccc12.CC(C)c1[nH]nc2ccncc12.CC(C)c1[nH]nc2ncccc12.CC(C)c1[nH]nc2ncncc12. The first kappa shape index (κ1) is 61.5. The van der Waals surface area contributed by atoms with Crippen molar-refractivity contribution in [2.24, 2.45) is 0 Å². The molecular weight excluding hydrogens is 871 g/mol. The molecule has 6 N–H and O–H groups in total. The molecule has 15 heteroatoms. The van der Waals surface area contributed by atoms with Gasteiger partial charge in [-0.3, -0.25) is 30.5 Å². The number of benzene rings is 1. The molecule has 1 aliphatic rings. The second-order valence-corrected chi connectivity index (χ2v) is 16.4. The van der Waals surface area contributed by atoms with Crippen molar-refractivity contribution in [3.05, 3.63) is 108 Å². The normalized spacial score (nSPS) is 10.9. The number of aromatic nitrogens is 14. The van der Waals surface area contributed by atoms with E-state index in [9.17, 15) is 0 Å². The highest BCUT2D eigenvalue weighted by Crippen LogP contribution is 2.27. The van der Waals surface area contributed by atoms with Crippen LogP contribution in [0.1, 0.15) is 209 Å². The molecule has 15 nitrogen and oxygen atoms in total. The smallest absolute Gasteiger partial charge is 0.184 e. The van der Waals surface area contributed by atoms with E-state index in [4.69, 9.17) is 0 Å². The number of aromatic amines is 5. The molecule has 0 radical (unpaired) electrons. The molecule has 0 spiro atoms. The Morgan fingerprint density at radius 3 is 1.46 bits per heavy atom. The summed E-state index contributed by atoms with van der Waals surface area (Å²) in [6.45, 7) is 42.6. The summed E-state index contributed by atoms with van der Waals surface area (Å²) in [5.74, 6) is 3.52. The van der Waals surface area contributed by atoms with Crippen molar-refractivity contribution in [1.82, 2.24) is 70.9 Å². The first-order valence-corrected chi connectivity index (χ1v) is 25.9. The van der Waals surface area contributed by atoms with Crippen molar-refractivity contribution in [3.63, 3.8) is 0 Å². The summed E-state index contributed by atoms with van der Waals surface area (Å²) in [7, 11) is 0. The van der Waals surface area contributed by atoms with Crippen molar-refractivity contribution in [2.75, 3.05) is 11.9 Å². The zero-order chi connectivity index (χ0) is 52.8. The van der Waals surface area contributed by atoms with Crippen molar-refractivity contribution in [2.45, 2.75) is 181 Å². The van der Waals surface area contributed by atoms with Gasteiger partial charge in [-0.15, -0.1) is 0 Å². The molecule has 0 amide bonds. The Hall–Kier alpha value is -6.51. The van der Waals surface area contributed by atoms with Gasteiger partial charge < -0.3 is 5.32 Å². The highest BCUT2D eigenvalue weighted by atomic mass is 15.2. The van der Waals surface area contributed by atoms with Crippen LogP contribution in [0.15, 0.2) is 73.6 Å². The molecule has 0 aliphatic carbocycles. The minimum atomic E-state index is 0.431. The number of hydrogen-bond acceptors (Lipinski definition) is 10. The van der Waals surface area contributed by atoms with Gasteiger partial charge in [-0.2, -0.15) is 25.5 Å². The summed E-state index contributed by atoms with van der Waals surface area (Å²) in [5.41, 5.74) is 11.0. The van der Waals surface area contributed by atoms with E-state index in [1.54, 1.807) is 18.6 Å². The van der Waals surface area contributed by atoms with E-state index in [-0.39, 0.29) is 0 Å². The van der Waals surface area contributed by atoms with Gasteiger partial charge in [0.05, 0.1) is 16.4 Å². The fourth-order valence-corrected chi connectivity index (χ4v) is 6.99. The maximum absolute atomic E-state index is 4.24. The van der Waals surface area contributed by atoms with Gasteiger partial charge in [0.15, 0.2) is 17.1 Å². The van der Waals surface area contributed by atoms with Gasteiger partial charge in [0, 0.05) is 81.5 Å². The van der Waals surface area contributed by atoms with Crippen LogP contribution in [0, 0.1) is 0 Å². The van der Waals surface area contributed by atoms with Gasteiger partial charge in [0.25, 0.3) is 0 Å². The van der Waals surface area contributed by atoms with E-state index in [2.05, 4.69) is 152 Å². The summed E-state index contributed by atoms with van der Waals surface area (Å²) in [4.78, 5) is 16.2. The molecule has 384 valence electrons. The zero-order valence-corrected chi connectivity index (χ0v) is 46.5. The number of rotatable bonds is 5. The van der Waals surface area contributed by atoms with Gasteiger partial charge >= 0.3 is 0 Å². The Kier molecular flexibility index (Phi) is 29.8. The highest BCUT2D eigenvalue weighted by molar-refractivity contribution is 5.82. The molecule has 70 heavy (non-hydrogen) atoms. The van der Waals surface area contributed by atoms with E-state index in [0.29, 0.717) is 29.6 Å². The van der Waals surface area contributed by atoms with Crippen LogP contribution in [0.3, 0.4) is 0 Å². The third-order valence-corrected chi connectivity index (χ3v) is 10.2. The number of para-hydroxylation sites is 1. The van der Waals surface area contributed by atoms with Crippen LogP contribution >= 0.6 is 0 Å². The first-order chi connectivity index (χ1) is 33.9. The molecule has 0 unspecified atom stereocenters. The molecule has 0 saturated heterocycles. The topological polar surface area (TPSA) is 207 Å². The number of nitrogens with zero attached hydrogens (tertiary/aromatic N) is 9. The molecule has 9 aromatic rings. The minimum Gasteiger partial charge on any atom is -0.368 e. The molecule has 8 aromatic heterocycles. The average Bonchev–Trinajstić information content (AvgIpc) is 4.27. The quantitative estimate of drug-likeness (QED) is 0.0962. The van der Waals surface area contributed by atoms with Crippen molar-refractivity contribution >= 4 is 49.7 Å². The van der Waals surface area contributed by atoms with Crippen molar-refractivity contribution in [1.29, 1.82) is 0 Å². The minimum absolute atomic E-state index is 0.431. The average molecular weight is 960 g/mol. The molecule has 9 heterocycles. The van der Waals surface area contributed by atoms with Crippen molar-refractivity contribution in [3.8, 4) is 0 Å². The van der Waals surface area contributed by atoms with Gasteiger partial charge in [-0.1, -0.05) is 157 Å². The van der Waals surface area contributed by atoms with Crippen LogP contribution in [-0.4, -0.2) is 77.5 Å². The highest BCUT2D eigenvalue weighted by Gasteiger charge is 2.18. The summed E-state index contributed by atoms with van der Waals surface area (Å²) < 4.78 is 0. The zero-order valence-electron chi connectivity index (χ0n) is 46.5. The lowest BCUT2D eigenvalue weighted by molar-refractivity contribution is 0.773. The first-order valence-electron chi connectivity index (χ1n) is 25.9. The third-order valence-electron chi connectivity index (χ3n) is 10.2. The Balaban J connectivity index is 0.000000418. The van der Waals surface area contributed by atoms with Crippen LogP contribution in [-0.2, 0) is 6.42 Å². The molecule has 0 atom stereocenters. The molecule has 0 bridgehead atoms. The van der Waals surface area contributed by atoms with E-state index in [0.717, 1.165) is 67.9 Å². The Bertz CT molecular complexity index is 2380. The monoisotopic (exact) mass is 960 g/mol. The van der Waals surface area contributed by atoms with E-state index in [1.807, 2.05) is 112 Å². The Morgan fingerprint density at radius 1 is 0.414 bits per heavy atom. The lowest BCUT2D eigenvalue weighted by Crippen LogP contribution is -2.11. The van der Waals surface area contributed by atoms with Gasteiger partial charge in [0.1, 0.15) is 6.33 Å². The maximum Gasteiger partial charge on any atom is 0.184 e. The molecular formula is C55H89N15. The lowest BCUT2D eigenvalue weighted by atomic mass is 10.00. The summed E-state index contributed by atoms with van der Waals surface area (Å²) in [6, 6.07) is 14.1. The largest absolute Gasteiger partial charge is 0.368 e. The number of anilines is 1. The fraction of sp³-hybridized carbons (Fsp3) is 0.509. The van der Waals surface area contributed by atoms with Crippen LogP contribution in [0.25, 0.3) is 43.9 Å². The Labute approximate surface area is 419 Å². The molecule has 0 saturated carbocycles. The number of H-pyrrole nitrogens is 5. The lowest BCUT2D eigenvalue weighted by Gasteiger charge is -2.14. The van der Waals surface area contributed by atoms with Gasteiger partial charge in [-0.25, -0.2) is 15.0 Å².